The van der Waals surface area contributed by atoms with E-state index in [0.717, 1.165) is 19.6 Å². The molecule has 2 saturated heterocycles. The Hall–Kier alpha value is -0.120. The van der Waals surface area contributed by atoms with Crippen LogP contribution in [0.1, 0.15) is 26.7 Å². The average molecular weight is 212 g/mol. The van der Waals surface area contributed by atoms with Crippen molar-refractivity contribution in [3.63, 3.8) is 0 Å². The molecular weight excluding hydrogens is 188 g/mol. The van der Waals surface area contributed by atoms with Crippen molar-refractivity contribution in [2.24, 2.45) is 5.92 Å². The molecule has 3 nitrogen and oxygen atoms in total. The minimum Gasteiger partial charge on any atom is -0.391 e. The Morgan fingerprint density at radius 3 is 2.40 bits per heavy atom. The molecule has 0 spiro atoms. The maximum atomic E-state index is 10.0. The number of likely N-dealkylation sites (tertiary alicyclic amines) is 2. The summed E-state index contributed by atoms with van der Waals surface area (Å²) in [4.78, 5) is 4.91. The summed E-state index contributed by atoms with van der Waals surface area (Å²) in [6.07, 6.45) is 2.58. The maximum Gasteiger partial charge on any atom is 0.0719 e. The largest absolute Gasteiger partial charge is 0.391 e. The standard InChI is InChI=1S/C12H24N2O/c1-10(2)14-8-11(12(15)9-14)7-13-5-3-4-6-13/h10-12,15H,3-9H2,1-2H3. The first kappa shape index (κ1) is 11.4. The highest BCUT2D eigenvalue weighted by atomic mass is 16.3. The van der Waals surface area contributed by atoms with Gasteiger partial charge in [0.1, 0.15) is 0 Å². The Balaban J connectivity index is 1.82. The molecule has 2 unspecified atom stereocenters. The number of aliphatic hydroxyl groups excluding tert-OH is 1. The van der Waals surface area contributed by atoms with Crippen LogP contribution in [0.4, 0.5) is 0 Å². The molecule has 3 heteroatoms. The Labute approximate surface area is 93.1 Å². The zero-order valence-corrected chi connectivity index (χ0v) is 10.0. The quantitative estimate of drug-likeness (QED) is 0.749. The predicted molar refractivity (Wildman–Crippen MR) is 61.9 cm³/mol. The van der Waals surface area contributed by atoms with E-state index in [4.69, 9.17) is 0 Å². The first-order valence-corrected chi connectivity index (χ1v) is 6.31. The summed E-state index contributed by atoms with van der Waals surface area (Å²) in [6, 6.07) is 0.572. The number of β-amino-alcohol motifs (C(OH)–C–C–N with tert-alkyl or cyclic N) is 1. The molecule has 1 N–H and O–H groups in total. The summed E-state index contributed by atoms with van der Waals surface area (Å²) < 4.78 is 0. The molecule has 0 amide bonds. The van der Waals surface area contributed by atoms with Gasteiger partial charge in [-0.05, 0) is 39.8 Å². The van der Waals surface area contributed by atoms with Crippen molar-refractivity contribution >= 4 is 0 Å². The lowest BCUT2D eigenvalue weighted by Gasteiger charge is -2.22. The van der Waals surface area contributed by atoms with Crippen LogP contribution in [-0.4, -0.2) is 59.8 Å². The van der Waals surface area contributed by atoms with Crippen molar-refractivity contribution in [3.05, 3.63) is 0 Å². The van der Waals surface area contributed by atoms with Gasteiger partial charge in [-0.3, -0.25) is 4.90 Å². The molecular formula is C12H24N2O. The van der Waals surface area contributed by atoms with Crippen LogP contribution in [0.3, 0.4) is 0 Å². The van der Waals surface area contributed by atoms with E-state index in [9.17, 15) is 5.11 Å². The minimum absolute atomic E-state index is 0.104. The van der Waals surface area contributed by atoms with Gasteiger partial charge >= 0.3 is 0 Å². The van der Waals surface area contributed by atoms with Gasteiger partial charge in [0.15, 0.2) is 0 Å². The van der Waals surface area contributed by atoms with E-state index in [0.29, 0.717) is 12.0 Å². The van der Waals surface area contributed by atoms with Crippen molar-refractivity contribution in [1.29, 1.82) is 0 Å². The van der Waals surface area contributed by atoms with E-state index in [2.05, 4.69) is 23.6 Å². The number of rotatable bonds is 3. The van der Waals surface area contributed by atoms with Gasteiger partial charge in [0, 0.05) is 31.6 Å². The molecule has 0 aromatic carbocycles. The van der Waals surface area contributed by atoms with Crippen LogP contribution in [0.25, 0.3) is 0 Å². The van der Waals surface area contributed by atoms with Gasteiger partial charge in [-0.1, -0.05) is 0 Å². The maximum absolute atomic E-state index is 10.0. The van der Waals surface area contributed by atoms with Crippen LogP contribution in [0.2, 0.25) is 0 Å². The Kier molecular flexibility index (Phi) is 3.65. The third kappa shape index (κ3) is 2.71. The van der Waals surface area contributed by atoms with Gasteiger partial charge in [-0.15, -0.1) is 0 Å². The summed E-state index contributed by atoms with van der Waals surface area (Å²) in [6.45, 7) is 9.96. The third-order valence-corrected chi connectivity index (χ3v) is 3.86. The van der Waals surface area contributed by atoms with Gasteiger partial charge in [0.2, 0.25) is 0 Å². The van der Waals surface area contributed by atoms with Gasteiger partial charge in [0.05, 0.1) is 6.10 Å². The lowest BCUT2D eigenvalue weighted by atomic mass is 10.1. The molecule has 2 rings (SSSR count). The third-order valence-electron chi connectivity index (χ3n) is 3.86. The van der Waals surface area contributed by atoms with E-state index in [1.807, 2.05) is 0 Å². The second-order valence-corrected chi connectivity index (χ2v) is 5.38. The molecule has 2 aliphatic heterocycles. The van der Waals surface area contributed by atoms with Gasteiger partial charge < -0.3 is 10.0 Å². The topological polar surface area (TPSA) is 26.7 Å². The first-order valence-electron chi connectivity index (χ1n) is 6.31. The molecule has 2 heterocycles. The van der Waals surface area contributed by atoms with Crippen LogP contribution >= 0.6 is 0 Å². The normalized spacial score (nSPS) is 34.4. The predicted octanol–water partition coefficient (Wildman–Crippen LogP) is 0.783. The second kappa shape index (κ2) is 4.81. The fourth-order valence-electron chi connectivity index (χ4n) is 2.78. The highest BCUT2D eigenvalue weighted by molar-refractivity contribution is 4.87. The summed E-state index contributed by atoms with van der Waals surface area (Å²) in [5.41, 5.74) is 0. The summed E-state index contributed by atoms with van der Waals surface area (Å²) in [5, 5.41) is 10.0. The molecule has 0 radical (unpaired) electrons. The van der Waals surface area contributed by atoms with Gasteiger partial charge in [-0.2, -0.15) is 0 Å². The molecule has 0 aliphatic carbocycles. The summed E-state index contributed by atoms with van der Waals surface area (Å²) >= 11 is 0. The molecule has 2 atom stereocenters. The lowest BCUT2D eigenvalue weighted by molar-refractivity contribution is 0.119. The minimum atomic E-state index is -0.104. The first-order chi connectivity index (χ1) is 7.16. The van der Waals surface area contributed by atoms with Crippen molar-refractivity contribution in [2.75, 3.05) is 32.7 Å². The molecule has 88 valence electrons. The van der Waals surface area contributed by atoms with Crippen LogP contribution in [-0.2, 0) is 0 Å². The SMILES string of the molecule is CC(C)N1CC(O)C(CN2CCCC2)C1. The average Bonchev–Trinajstić information content (AvgIpc) is 2.77. The number of nitrogens with zero attached hydrogens (tertiary/aromatic N) is 2. The summed E-state index contributed by atoms with van der Waals surface area (Å²) in [7, 11) is 0. The van der Waals surface area contributed by atoms with Crippen LogP contribution in [0.15, 0.2) is 0 Å². The van der Waals surface area contributed by atoms with Crippen molar-refractivity contribution in [1.82, 2.24) is 9.80 Å². The van der Waals surface area contributed by atoms with E-state index >= 15 is 0 Å². The molecule has 15 heavy (non-hydrogen) atoms. The zero-order chi connectivity index (χ0) is 10.8. The molecule has 2 fully saturated rings. The molecule has 0 bridgehead atoms. The number of hydrogen-bond acceptors (Lipinski definition) is 3. The zero-order valence-electron chi connectivity index (χ0n) is 10.0. The molecule has 2 aliphatic rings. The number of hydrogen-bond donors (Lipinski definition) is 1. The van der Waals surface area contributed by atoms with E-state index in [-0.39, 0.29) is 6.10 Å². The Morgan fingerprint density at radius 2 is 1.87 bits per heavy atom. The fourth-order valence-corrected chi connectivity index (χ4v) is 2.78. The van der Waals surface area contributed by atoms with Crippen LogP contribution < -0.4 is 0 Å². The number of aliphatic hydroxyl groups is 1. The van der Waals surface area contributed by atoms with Crippen molar-refractivity contribution in [2.45, 2.75) is 38.8 Å². The molecule has 0 saturated carbocycles. The van der Waals surface area contributed by atoms with Crippen LogP contribution in [0, 0.1) is 5.92 Å². The Bertz CT molecular complexity index is 202. The highest BCUT2D eigenvalue weighted by Crippen LogP contribution is 2.21. The monoisotopic (exact) mass is 212 g/mol. The molecule has 0 aromatic rings. The lowest BCUT2D eigenvalue weighted by Crippen LogP contribution is -2.33. The highest BCUT2D eigenvalue weighted by Gasteiger charge is 2.33. The smallest absolute Gasteiger partial charge is 0.0719 e. The Morgan fingerprint density at radius 1 is 1.20 bits per heavy atom. The van der Waals surface area contributed by atoms with Crippen LogP contribution in [0.5, 0.6) is 0 Å². The van der Waals surface area contributed by atoms with Gasteiger partial charge in [0.25, 0.3) is 0 Å². The fraction of sp³-hybridized carbons (Fsp3) is 1.00. The van der Waals surface area contributed by atoms with Gasteiger partial charge in [-0.25, -0.2) is 0 Å². The van der Waals surface area contributed by atoms with E-state index in [1.54, 1.807) is 0 Å². The van der Waals surface area contributed by atoms with Crippen molar-refractivity contribution < 1.29 is 5.11 Å². The summed E-state index contributed by atoms with van der Waals surface area (Å²) in [5.74, 6) is 0.477. The van der Waals surface area contributed by atoms with E-state index < -0.39 is 0 Å². The molecule has 0 aromatic heterocycles. The second-order valence-electron chi connectivity index (χ2n) is 5.38. The van der Waals surface area contributed by atoms with E-state index in [1.165, 1.54) is 25.9 Å². The van der Waals surface area contributed by atoms with Crippen molar-refractivity contribution in [3.8, 4) is 0 Å².